The van der Waals surface area contributed by atoms with Gasteiger partial charge in [0.1, 0.15) is 0 Å². The average molecular weight is 308 g/mol. The summed E-state index contributed by atoms with van der Waals surface area (Å²) in [6, 6.07) is 14.6. The Labute approximate surface area is 126 Å². The number of hydrogen-bond donors (Lipinski definition) is 0. The van der Waals surface area contributed by atoms with Gasteiger partial charge in [-0.1, -0.05) is 48.2 Å². The quantitative estimate of drug-likeness (QED) is 0.767. The van der Waals surface area contributed by atoms with Crippen LogP contribution in [0.5, 0.6) is 0 Å². The van der Waals surface area contributed by atoms with Crippen molar-refractivity contribution in [2.24, 2.45) is 0 Å². The summed E-state index contributed by atoms with van der Waals surface area (Å²) in [6.45, 7) is 0. The van der Waals surface area contributed by atoms with Crippen LogP contribution < -0.4 is 0 Å². The van der Waals surface area contributed by atoms with E-state index >= 15 is 0 Å². The Kier molecular flexibility index (Phi) is 4.87. The Balaban J connectivity index is 2.59. The molecule has 0 saturated carbocycles. The largest absolute Gasteiger partial charge is 0.284 e. The molecule has 2 aromatic rings. The highest BCUT2D eigenvalue weighted by Crippen LogP contribution is 2.47. The minimum Gasteiger partial charge on any atom is -0.284 e. The maximum absolute atomic E-state index is 12.4. The molecule has 2 aromatic carbocycles. The van der Waals surface area contributed by atoms with Crippen LogP contribution in [-0.4, -0.2) is 23.9 Å². The van der Waals surface area contributed by atoms with E-state index in [1.165, 1.54) is 22.5 Å². The minimum atomic E-state index is -0.510. The van der Waals surface area contributed by atoms with Crippen molar-refractivity contribution in [1.29, 1.82) is 0 Å². The number of fused-ring (bicyclic) bond motifs is 1. The molecule has 0 N–H and O–H groups in total. The summed E-state index contributed by atoms with van der Waals surface area (Å²) < 4.78 is -0.510. The first kappa shape index (κ1) is 14.8. The summed E-state index contributed by atoms with van der Waals surface area (Å²) in [4.78, 5) is 12.4. The Morgan fingerprint density at radius 2 is 1.58 bits per heavy atom. The van der Waals surface area contributed by atoms with E-state index in [4.69, 9.17) is 0 Å². The topological polar surface area (TPSA) is 17.1 Å². The highest BCUT2D eigenvalue weighted by atomic mass is 32.2. The predicted octanol–water partition coefficient (Wildman–Crippen LogP) is 4.61. The third-order valence-corrected chi connectivity index (χ3v) is 7.09. The Hall–Kier alpha value is -0.580. The van der Waals surface area contributed by atoms with E-state index in [-0.39, 0.29) is 5.12 Å². The summed E-state index contributed by atoms with van der Waals surface area (Å²) in [5, 5.41) is 2.59. The van der Waals surface area contributed by atoms with Crippen LogP contribution in [0, 0.1) is 0 Å². The second kappa shape index (κ2) is 6.25. The van der Waals surface area contributed by atoms with Gasteiger partial charge in [-0.3, -0.25) is 4.79 Å². The van der Waals surface area contributed by atoms with Gasteiger partial charge in [0.25, 0.3) is 0 Å². The van der Waals surface area contributed by atoms with Gasteiger partial charge in [-0.25, -0.2) is 0 Å². The molecule has 2 rings (SSSR count). The fraction of sp³-hybridized carbons (Fsp3) is 0.267. The second-order valence-corrected chi connectivity index (χ2v) is 7.16. The van der Waals surface area contributed by atoms with Crippen molar-refractivity contribution < 1.29 is 4.79 Å². The van der Waals surface area contributed by atoms with Crippen LogP contribution in [0.15, 0.2) is 42.5 Å². The molecule has 0 spiro atoms. The van der Waals surface area contributed by atoms with Crippen molar-refractivity contribution >= 4 is 51.2 Å². The number of thioether (sulfide) groups is 3. The van der Waals surface area contributed by atoms with Crippen molar-refractivity contribution in [3.05, 3.63) is 48.0 Å². The lowest BCUT2D eigenvalue weighted by Gasteiger charge is -2.28. The lowest BCUT2D eigenvalue weighted by atomic mass is 10.1. The van der Waals surface area contributed by atoms with E-state index in [2.05, 4.69) is 30.3 Å². The van der Waals surface area contributed by atoms with E-state index < -0.39 is 4.08 Å². The van der Waals surface area contributed by atoms with E-state index in [1.54, 1.807) is 23.5 Å². The lowest BCUT2D eigenvalue weighted by molar-refractivity contribution is -0.111. The van der Waals surface area contributed by atoms with Crippen molar-refractivity contribution in [3.8, 4) is 0 Å². The Morgan fingerprint density at radius 1 is 0.947 bits per heavy atom. The van der Waals surface area contributed by atoms with Crippen LogP contribution in [0.4, 0.5) is 0 Å². The van der Waals surface area contributed by atoms with Gasteiger partial charge in [-0.15, -0.1) is 23.5 Å². The van der Waals surface area contributed by atoms with E-state index in [0.29, 0.717) is 0 Å². The summed E-state index contributed by atoms with van der Waals surface area (Å²) in [5.74, 6) is 0. The summed E-state index contributed by atoms with van der Waals surface area (Å²) in [5.41, 5.74) is 1.07. The molecule has 100 valence electrons. The molecule has 0 aliphatic heterocycles. The maximum atomic E-state index is 12.4. The molecular weight excluding hydrogens is 292 g/mol. The van der Waals surface area contributed by atoms with Crippen molar-refractivity contribution in [3.63, 3.8) is 0 Å². The molecule has 0 bridgehead atoms. The summed E-state index contributed by atoms with van der Waals surface area (Å²) in [6.07, 6.45) is 5.85. The molecule has 0 unspecified atom stereocenters. The number of hydrogen-bond acceptors (Lipinski definition) is 4. The molecule has 0 aliphatic rings. The molecule has 19 heavy (non-hydrogen) atoms. The first-order valence-electron chi connectivity index (χ1n) is 5.86. The zero-order chi connectivity index (χ0) is 13.9. The zero-order valence-corrected chi connectivity index (χ0v) is 13.6. The molecule has 0 atom stereocenters. The molecule has 0 saturated heterocycles. The van der Waals surface area contributed by atoms with Gasteiger partial charge in [0.15, 0.2) is 4.08 Å². The van der Waals surface area contributed by atoms with Gasteiger partial charge in [-0.05, 0) is 41.2 Å². The molecule has 0 fully saturated rings. The van der Waals surface area contributed by atoms with Crippen molar-refractivity contribution in [2.45, 2.75) is 4.08 Å². The third kappa shape index (κ3) is 2.67. The first-order valence-corrected chi connectivity index (χ1v) is 9.53. The SMILES string of the molecule is CSC(=O)C(SC)(SC)c1ccc2ccccc2c1. The molecule has 0 radical (unpaired) electrons. The normalized spacial score (nSPS) is 11.7. The third-order valence-electron chi connectivity index (χ3n) is 3.16. The minimum absolute atomic E-state index is 0.197. The molecule has 0 amide bonds. The van der Waals surface area contributed by atoms with Gasteiger partial charge in [0, 0.05) is 0 Å². The van der Waals surface area contributed by atoms with Crippen LogP contribution in [0.1, 0.15) is 5.56 Å². The zero-order valence-electron chi connectivity index (χ0n) is 11.2. The van der Waals surface area contributed by atoms with E-state index in [0.717, 1.165) is 5.56 Å². The van der Waals surface area contributed by atoms with Gasteiger partial charge >= 0.3 is 0 Å². The number of rotatable bonds is 4. The van der Waals surface area contributed by atoms with Crippen LogP contribution >= 0.6 is 35.3 Å². The van der Waals surface area contributed by atoms with Gasteiger partial charge in [0.05, 0.1) is 0 Å². The van der Waals surface area contributed by atoms with E-state index in [9.17, 15) is 4.79 Å². The standard InChI is InChI=1S/C15H16OS3/c1-17-14(16)15(18-2,19-3)13-9-8-11-6-4-5-7-12(11)10-13/h4-10H,1-3H3. The molecule has 4 heteroatoms. The van der Waals surface area contributed by atoms with Crippen molar-refractivity contribution in [2.75, 3.05) is 18.8 Å². The van der Waals surface area contributed by atoms with E-state index in [1.807, 2.05) is 30.9 Å². The monoisotopic (exact) mass is 308 g/mol. The molecular formula is C15H16OS3. The fourth-order valence-corrected chi connectivity index (χ4v) is 5.24. The van der Waals surface area contributed by atoms with Crippen molar-refractivity contribution in [1.82, 2.24) is 0 Å². The smallest absolute Gasteiger partial charge is 0.219 e. The Bertz CT molecular complexity index is 591. The molecule has 0 aromatic heterocycles. The molecule has 0 aliphatic carbocycles. The van der Waals surface area contributed by atoms with Crippen LogP contribution in [0.25, 0.3) is 10.8 Å². The highest BCUT2D eigenvalue weighted by Gasteiger charge is 2.38. The molecule has 0 heterocycles. The van der Waals surface area contributed by atoms with Crippen LogP contribution in [0.2, 0.25) is 0 Å². The summed E-state index contributed by atoms with van der Waals surface area (Å²) >= 11 is 4.51. The number of benzene rings is 2. The van der Waals surface area contributed by atoms with Crippen LogP contribution in [-0.2, 0) is 8.87 Å². The molecule has 1 nitrogen and oxygen atoms in total. The predicted molar refractivity (Wildman–Crippen MR) is 91.2 cm³/mol. The second-order valence-electron chi connectivity index (χ2n) is 4.08. The van der Waals surface area contributed by atoms with Gasteiger partial charge < -0.3 is 0 Å². The average Bonchev–Trinajstić information content (AvgIpc) is 2.48. The maximum Gasteiger partial charge on any atom is 0.219 e. The number of carbonyl (C=O) groups excluding carboxylic acids is 1. The summed E-state index contributed by atoms with van der Waals surface area (Å²) in [7, 11) is 0. The highest BCUT2D eigenvalue weighted by molar-refractivity contribution is 8.23. The van der Waals surface area contributed by atoms with Crippen LogP contribution in [0.3, 0.4) is 0 Å². The Morgan fingerprint density at radius 3 is 2.16 bits per heavy atom. The number of carbonyl (C=O) groups is 1. The lowest BCUT2D eigenvalue weighted by Crippen LogP contribution is -2.25. The van der Waals surface area contributed by atoms with Gasteiger partial charge in [0.2, 0.25) is 5.12 Å². The fourth-order valence-electron chi connectivity index (χ4n) is 2.13. The first-order chi connectivity index (χ1) is 9.17. The van der Waals surface area contributed by atoms with Gasteiger partial charge in [-0.2, -0.15) is 0 Å².